The van der Waals surface area contributed by atoms with Crippen LogP contribution in [0.3, 0.4) is 0 Å². The molecule has 5 nitrogen and oxygen atoms in total. The van der Waals surface area contributed by atoms with Gasteiger partial charge in [-0.05, 0) is 26.3 Å². The van der Waals surface area contributed by atoms with Gasteiger partial charge in [-0.25, -0.2) is 0 Å². The second kappa shape index (κ2) is 9.42. The fourth-order valence-electron chi connectivity index (χ4n) is 2.52. The van der Waals surface area contributed by atoms with E-state index >= 15 is 0 Å². The number of hydrogen-bond donors (Lipinski definition) is 0. The Kier molecular flexibility index (Phi) is 7.25. The van der Waals surface area contributed by atoms with Crippen molar-refractivity contribution in [3.05, 3.63) is 42.5 Å². The lowest BCUT2D eigenvalue weighted by Crippen LogP contribution is -2.21. The van der Waals surface area contributed by atoms with E-state index in [9.17, 15) is 4.79 Å². The van der Waals surface area contributed by atoms with Crippen molar-refractivity contribution in [2.24, 2.45) is 0 Å². The van der Waals surface area contributed by atoms with Crippen LogP contribution in [0.25, 0.3) is 11.4 Å². The first-order chi connectivity index (χ1) is 12.1. The predicted octanol–water partition coefficient (Wildman–Crippen LogP) is 4.26. The summed E-state index contributed by atoms with van der Waals surface area (Å²) in [5.74, 6) is 0.588. The van der Waals surface area contributed by atoms with Gasteiger partial charge in [0.1, 0.15) is 5.25 Å². The van der Waals surface area contributed by atoms with Crippen LogP contribution in [0.1, 0.15) is 32.3 Å². The van der Waals surface area contributed by atoms with E-state index in [1.165, 1.54) is 11.8 Å². The number of aryl methyl sites for hydroxylation is 1. The van der Waals surface area contributed by atoms with Crippen LogP contribution in [-0.2, 0) is 16.1 Å². The monoisotopic (exact) mass is 359 g/mol. The number of carbonyl (C=O) groups excluding carboxylic acids is 1. The lowest BCUT2D eigenvalue weighted by Gasteiger charge is -2.14. The average Bonchev–Trinajstić information content (AvgIpc) is 2.98. The van der Waals surface area contributed by atoms with Gasteiger partial charge in [0, 0.05) is 12.1 Å². The molecule has 1 aromatic carbocycles. The second-order valence-electron chi connectivity index (χ2n) is 5.72. The number of nitrogens with zero attached hydrogens (tertiary/aromatic N) is 3. The third-order valence-corrected chi connectivity index (χ3v) is 4.88. The van der Waals surface area contributed by atoms with E-state index in [1.54, 1.807) is 0 Å². The van der Waals surface area contributed by atoms with Crippen molar-refractivity contribution < 1.29 is 9.53 Å². The molecule has 0 aliphatic carbocycles. The summed E-state index contributed by atoms with van der Waals surface area (Å²) in [7, 11) is 0. The van der Waals surface area contributed by atoms with Gasteiger partial charge in [-0.2, -0.15) is 0 Å². The minimum Gasteiger partial charge on any atom is -0.465 e. The van der Waals surface area contributed by atoms with E-state index in [0.717, 1.165) is 29.8 Å². The summed E-state index contributed by atoms with van der Waals surface area (Å²) in [5.41, 5.74) is 2.17. The molecule has 0 aliphatic heterocycles. The maximum atomic E-state index is 12.2. The lowest BCUT2D eigenvalue weighted by molar-refractivity contribution is -0.142. The van der Waals surface area contributed by atoms with E-state index in [-0.39, 0.29) is 11.2 Å². The molecule has 0 fully saturated rings. The summed E-state index contributed by atoms with van der Waals surface area (Å²) in [6, 6.07) is 8.14. The molecule has 25 heavy (non-hydrogen) atoms. The molecule has 0 N–H and O–H groups in total. The van der Waals surface area contributed by atoms with E-state index < -0.39 is 0 Å². The predicted molar refractivity (Wildman–Crippen MR) is 102 cm³/mol. The number of rotatable bonds is 9. The van der Waals surface area contributed by atoms with Gasteiger partial charge in [0.15, 0.2) is 11.0 Å². The standard InChI is InChI=1S/C19H25N3O2S/c1-5-9-16(18(23)24-7-3)25-19-21-20-17(22(19)12-6-2)15-11-8-10-14(4)13-15/h6,8,10-11,13,16H,2,5,7,9,12H2,1,3-4H3. The summed E-state index contributed by atoms with van der Waals surface area (Å²) < 4.78 is 7.19. The summed E-state index contributed by atoms with van der Waals surface area (Å²) in [6.45, 7) is 10.7. The zero-order valence-electron chi connectivity index (χ0n) is 15.1. The van der Waals surface area contributed by atoms with Crippen LogP contribution in [0.4, 0.5) is 0 Å². The number of ether oxygens (including phenoxy) is 1. The van der Waals surface area contributed by atoms with Crippen molar-refractivity contribution in [2.45, 2.75) is 50.6 Å². The summed E-state index contributed by atoms with van der Waals surface area (Å²) in [5, 5.41) is 9.12. The second-order valence-corrected chi connectivity index (χ2v) is 6.89. The number of aromatic nitrogens is 3. The van der Waals surface area contributed by atoms with Crippen LogP contribution in [0.5, 0.6) is 0 Å². The fourth-order valence-corrected chi connectivity index (χ4v) is 3.67. The lowest BCUT2D eigenvalue weighted by atomic mass is 10.1. The number of benzene rings is 1. The Bertz CT molecular complexity index is 727. The minimum absolute atomic E-state index is 0.195. The summed E-state index contributed by atoms with van der Waals surface area (Å²) in [6.07, 6.45) is 3.45. The molecule has 1 unspecified atom stereocenters. The molecule has 1 heterocycles. The highest BCUT2D eigenvalue weighted by atomic mass is 32.2. The van der Waals surface area contributed by atoms with Crippen LogP contribution in [0, 0.1) is 6.92 Å². The molecule has 1 aromatic heterocycles. The van der Waals surface area contributed by atoms with Crippen molar-refractivity contribution in [3.8, 4) is 11.4 Å². The third kappa shape index (κ3) is 4.95. The van der Waals surface area contributed by atoms with Crippen molar-refractivity contribution in [3.63, 3.8) is 0 Å². The van der Waals surface area contributed by atoms with Gasteiger partial charge >= 0.3 is 5.97 Å². The normalized spacial score (nSPS) is 12.0. The van der Waals surface area contributed by atoms with Crippen LogP contribution in [0.2, 0.25) is 0 Å². The van der Waals surface area contributed by atoms with Crippen molar-refractivity contribution >= 4 is 17.7 Å². The molecule has 0 aliphatic rings. The van der Waals surface area contributed by atoms with E-state index in [4.69, 9.17) is 4.74 Å². The Morgan fingerprint density at radius 3 is 2.84 bits per heavy atom. The molecule has 0 bridgehead atoms. The van der Waals surface area contributed by atoms with Crippen molar-refractivity contribution in [1.82, 2.24) is 14.8 Å². The Hall–Kier alpha value is -2.08. The smallest absolute Gasteiger partial charge is 0.319 e. The molecule has 1 atom stereocenters. The largest absolute Gasteiger partial charge is 0.465 e. The van der Waals surface area contributed by atoms with Gasteiger partial charge in [-0.15, -0.1) is 16.8 Å². The third-order valence-electron chi connectivity index (χ3n) is 3.65. The first kappa shape index (κ1) is 19.2. The topological polar surface area (TPSA) is 57.0 Å². The van der Waals surface area contributed by atoms with E-state index in [2.05, 4.69) is 29.8 Å². The number of thioether (sulfide) groups is 1. The van der Waals surface area contributed by atoms with Gasteiger partial charge in [0.2, 0.25) is 0 Å². The molecule has 2 rings (SSSR count). The highest BCUT2D eigenvalue weighted by molar-refractivity contribution is 8.00. The number of hydrogen-bond acceptors (Lipinski definition) is 5. The number of carbonyl (C=O) groups is 1. The first-order valence-electron chi connectivity index (χ1n) is 8.55. The average molecular weight is 359 g/mol. The highest BCUT2D eigenvalue weighted by Gasteiger charge is 2.24. The van der Waals surface area contributed by atoms with Crippen LogP contribution in [-0.4, -0.2) is 32.6 Å². The molecular formula is C19H25N3O2S. The minimum atomic E-state index is -0.275. The number of allylic oxidation sites excluding steroid dienone is 1. The van der Waals surface area contributed by atoms with Gasteiger partial charge < -0.3 is 4.74 Å². The Morgan fingerprint density at radius 2 is 2.20 bits per heavy atom. The molecule has 0 spiro atoms. The van der Waals surface area contributed by atoms with Crippen LogP contribution >= 0.6 is 11.8 Å². The maximum Gasteiger partial charge on any atom is 0.319 e. The zero-order valence-corrected chi connectivity index (χ0v) is 15.9. The van der Waals surface area contributed by atoms with Crippen molar-refractivity contribution in [2.75, 3.05) is 6.61 Å². The first-order valence-corrected chi connectivity index (χ1v) is 9.43. The maximum absolute atomic E-state index is 12.2. The van der Waals surface area contributed by atoms with Crippen LogP contribution < -0.4 is 0 Å². The SMILES string of the molecule is C=CCn1c(SC(CCC)C(=O)OCC)nnc1-c1cccc(C)c1. The quantitative estimate of drug-likeness (QED) is 0.380. The fraction of sp³-hybridized carbons (Fsp3) is 0.421. The molecular weight excluding hydrogens is 334 g/mol. The molecule has 0 amide bonds. The van der Waals surface area contributed by atoms with Crippen molar-refractivity contribution in [1.29, 1.82) is 0 Å². The number of esters is 1. The molecule has 2 aromatic rings. The molecule has 134 valence electrons. The molecule has 0 radical (unpaired) electrons. The van der Waals surface area contributed by atoms with Gasteiger partial charge in [-0.3, -0.25) is 9.36 Å². The highest BCUT2D eigenvalue weighted by Crippen LogP contribution is 2.29. The Labute approximate surface area is 153 Å². The molecule has 0 saturated carbocycles. The van der Waals surface area contributed by atoms with Gasteiger partial charge in [0.25, 0.3) is 0 Å². The molecule has 0 saturated heterocycles. The van der Waals surface area contributed by atoms with Gasteiger partial charge in [-0.1, -0.05) is 54.9 Å². The summed E-state index contributed by atoms with van der Waals surface area (Å²) in [4.78, 5) is 12.2. The zero-order chi connectivity index (χ0) is 18.2. The summed E-state index contributed by atoms with van der Waals surface area (Å²) >= 11 is 1.41. The molecule has 6 heteroatoms. The Balaban J connectivity index is 2.34. The van der Waals surface area contributed by atoms with Crippen LogP contribution in [0.15, 0.2) is 42.1 Å². The van der Waals surface area contributed by atoms with E-state index in [1.807, 2.05) is 42.7 Å². The van der Waals surface area contributed by atoms with Gasteiger partial charge in [0.05, 0.1) is 6.61 Å². The van der Waals surface area contributed by atoms with E-state index in [0.29, 0.717) is 18.3 Å². The Morgan fingerprint density at radius 1 is 1.40 bits per heavy atom.